The number of benzene rings is 2. The molecule has 6 nitrogen and oxygen atoms in total. The zero-order chi connectivity index (χ0) is 18.5. The van der Waals surface area contributed by atoms with Crippen molar-refractivity contribution in [1.82, 2.24) is 0 Å². The van der Waals surface area contributed by atoms with Gasteiger partial charge in [-0.1, -0.05) is 0 Å². The van der Waals surface area contributed by atoms with Crippen LogP contribution in [0.25, 0.3) is 10.2 Å². The Morgan fingerprint density at radius 2 is 1.68 bits per heavy atom. The van der Waals surface area contributed by atoms with Crippen LogP contribution in [0.5, 0.6) is 5.75 Å². The Kier molecular flexibility index (Phi) is 18.9. The number of aliphatic hydroxyl groups excluding tert-OH is 1. The van der Waals surface area contributed by atoms with E-state index in [1.165, 1.54) is 0 Å². The van der Waals surface area contributed by atoms with E-state index in [4.69, 9.17) is 9.84 Å². The summed E-state index contributed by atoms with van der Waals surface area (Å²) in [4.78, 5) is 2.11. The minimum absolute atomic E-state index is 0. The number of rotatable bonds is 7. The summed E-state index contributed by atoms with van der Waals surface area (Å²) in [7, 11) is 3.65. The normalized spacial score (nSPS) is 9.55. The summed E-state index contributed by atoms with van der Waals surface area (Å²) in [5.41, 5.74) is 2.96. The Bertz CT molecular complexity index is 929. The fourth-order valence-corrected chi connectivity index (χ4v) is 3.76. The molecule has 1 N–H and O–H groups in total. The maximum Gasteiger partial charge on any atom is 2.00 e. The van der Waals surface area contributed by atoms with Gasteiger partial charge in [0.05, 0.1) is 30.6 Å². The van der Waals surface area contributed by atoms with Gasteiger partial charge in [-0.3, -0.25) is 0 Å². The smallest absolute Gasteiger partial charge is 1.00 e. The molecule has 0 aliphatic carbocycles. The van der Waals surface area contributed by atoms with Crippen LogP contribution >= 0.6 is 11.3 Å². The Morgan fingerprint density at radius 3 is 2.23 bits per heavy atom. The van der Waals surface area contributed by atoms with Crippen LogP contribution in [0.2, 0.25) is 0 Å². The molecule has 3 aromatic rings. The Morgan fingerprint density at radius 1 is 1.03 bits per heavy atom. The van der Waals surface area contributed by atoms with Crippen LogP contribution in [0.3, 0.4) is 0 Å². The van der Waals surface area contributed by atoms with Crippen molar-refractivity contribution in [3.63, 3.8) is 0 Å². The van der Waals surface area contributed by atoms with Crippen molar-refractivity contribution in [3.05, 3.63) is 42.5 Å². The van der Waals surface area contributed by atoms with Crippen LogP contribution in [-0.2, 0) is 26.5 Å². The minimum Gasteiger partial charge on any atom is -1.00 e. The predicted octanol–water partition coefficient (Wildman–Crippen LogP) is -8.02. The number of thiazole rings is 1. The molecule has 12 heteroatoms. The van der Waals surface area contributed by atoms with Crippen LogP contribution in [0.15, 0.2) is 52.7 Å². The molecule has 0 unspecified atom stereocenters. The van der Waals surface area contributed by atoms with Gasteiger partial charge in [-0.05, 0) is 59.8 Å². The van der Waals surface area contributed by atoms with Crippen molar-refractivity contribution < 1.29 is 83.5 Å². The Labute approximate surface area is 224 Å². The van der Waals surface area contributed by atoms with Crippen molar-refractivity contribution in [2.24, 2.45) is 17.3 Å². The fourth-order valence-electron chi connectivity index (χ4n) is 2.76. The summed E-state index contributed by atoms with van der Waals surface area (Å²) >= 11 is 1.58. The van der Waals surface area contributed by atoms with E-state index in [1.807, 2.05) is 54.1 Å². The van der Waals surface area contributed by atoms with E-state index in [0.29, 0.717) is 6.54 Å². The molecular formula is C19H23Cl4N4O2SZn-. The van der Waals surface area contributed by atoms with Gasteiger partial charge in [-0.2, -0.15) is 0 Å². The number of ether oxygens (including phenoxy) is 1. The molecular weight excluding hydrogens is 556 g/mol. The van der Waals surface area contributed by atoms with Crippen molar-refractivity contribution in [2.75, 3.05) is 31.7 Å². The molecule has 0 aliphatic rings. The van der Waals surface area contributed by atoms with Gasteiger partial charge in [-0.25, -0.2) is 4.57 Å². The Hall–Kier alpha value is -0.727. The molecule has 1 aromatic heterocycles. The van der Waals surface area contributed by atoms with Crippen LogP contribution in [0.4, 0.5) is 16.5 Å². The number of azo groups is 1. The molecule has 31 heavy (non-hydrogen) atoms. The number of aryl methyl sites for hydroxylation is 1. The third kappa shape index (κ3) is 8.62. The number of likely N-dealkylation sites (N-methyl/N-ethyl adjacent to an activating group) is 1. The maximum absolute atomic E-state index is 9.13. The first-order chi connectivity index (χ1) is 12.7. The number of aliphatic hydroxyl groups is 1. The summed E-state index contributed by atoms with van der Waals surface area (Å²) in [6, 6.07) is 13.9. The van der Waals surface area contributed by atoms with Crippen LogP contribution in [0.1, 0.15) is 6.92 Å². The summed E-state index contributed by atoms with van der Waals surface area (Å²) in [5.74, 6) is 0.835. The van der Waals surface area contributed by atoms with Crippen molar-refractivity contribution >= 4 is 38.1 Å². The molecule has 0 saturated heterocycles. The number of fused-ring (bicyclic) bond motifs is 1. The van der Waals surface area contributed by atoms with Gasteiger partial charge in [0.25, 0.3) is 0 Å². The SMILES string of the molecule is CCN(CCO)c1ccc(N=Nc2sc3cc(OC)ccc3[n+]2C)cc1.[Cl-].[Cl-].[Cl-].[Cl-].[Zn+2]. The van der Waals surface area contributed by atoms with E-state index in [2.05, 4.69) is 22.1 Å². The number of nitrogens with zero attached hydrogens (tertiary/aromatic N) is 4. The summed E-state index contributed by atoms with van der Waals surface area (Å²) in [6.45, 7) is 3.68. The molecule has 2 aromatic carbocycles. The van der Waals surface area contributed by atoms with E-state index in [-0.39, 0.29) is 75.7 Å². The van der Waals surface area contributed by atoms with E-state index in [1.54, 1.807) is 18.4 Å². The van der Waals surface area contributed by atoms with Gasteiger partial charge in [-0.15, -0.1) is 0 Å². The molecule has 0 aliphatic heterocycles. The van der Waals surface area contributed by atoms with Crippen molar-refractivity contribution in [3.8, 4) is 5.75 Å². The zero-order valence-corrected chi connectivity index (χ0v) is 24.2. The number of anilines is 1. The number of aromatic nitrogens is 1. The zero-order valence-electron chi connectivity index (χ0n) is 17.4. The van der Waals surface area contributed by atoms with Crippen LogP contribution < -0.4 is 63.8 Å². The van der Waals surface area contributed by atoms with E-state index in [0.717, 1.165) is 39.0 Å². The van der Waals surface area contributed by atoms with E-state index in [9.17, 15) is 0 Å². The van der Waals surface area contributed by atoms with Crippen molar-refractivity contribution in [1.29, 1.82) is 0 Å². The average Bonchev–Trinajstić information content (AvgIpc) is 3.00. The molecule has 0 atom stereocenters. The molecule has 0 fully saturated rings. The average molecular weight is 579 g/mol. The van der Waals surface area contributed by atoms with Crippen molar-refractivity contribution in [2.45, 2.75) is 6.92 Å². The second kappa shape index (κ2) is 16.8. The second-order valence-electron chi connectivity index (χ2n) is 5.80. The Balaban J connectivity index is -0.00000157. The molecule has 3 rings (SSSR count). The molecule has 0 spiro atoms. The second-order valence-corrected chi connectivity index (χ2v) is 6.81. The number of hydrogen-bond acceptors (Lipinski definition) is 6. The first-order valence-electron chi connectivity index (χ1n) is 8.50. The van der Waals surface area contributed by atoms with Gasteiger partial charge < -0.3 is 64.4 Å². The van der Waals surface area contributed by atoms with E-state index < -0.39 is 0 Å². The quantitative estimate of drug-likeness (QED) is 0.172. The van der Waals surface area contributed by atoms with Gasteiger partial charge in [0.15, 0.2) is 0 Å². The summed E-state index contributed by atoms with van der Waals surface area (Å²) in [5, 5.41) is 18.7. The maximum atomic E-state index is 9.13. The minimum atomic E-state index is 0. The molecule has 168 valence electrons. The first kappa shape index (κ1) is 34.9. The largest absolute Gasteiger partial charge is 2.00 e. The summed E-state index contributed by atoms with van der Waals surface area (Å²) < 4.78 is 8.42. The van der Waals surface area contributed by atoms with Gasteiger partial charge >= 0.3 is 24.6 Å². The van der Waals surface area contributed by atoms with Gasteiger partial charge in [0.2, 0.25) is 0 Å². The van der Waals surface area contributed by atoms with E-state index >= 15 is 0 Å². The summed E-state index contributed by atoms with van der Waals surface area (Å²) in [6.07, 6.45) is 0. The number of hydrogen-bond donors (Lipinski definition) is 1. The molecule has 0 radical (unpaired) electrons. The van der Waals surface area contributed by atoms with Crippen LogP contribution in [-0.4, -0.2) is 31.9 Å². The molecule has 1 heterocycles. The first-order valence-corrected chi connectivity index (χ1v) is 9.32. The molecule has 0 saturated carbocycles. The molecule has 0 bridgehead atoms. The fraction of sp³-hybridized carbons (Fsp3) is 0.316. The van der Waals surface area contributed by atoms with Gasteiger partial charge in [0, 0.05) is 24.8 Å². The monoisotopic (exact) mass is 575 g/mol. The number of methoxy groups -OCH3 is 1. The third-order valence-corrected chi connectivity index (χ3v) is 5.32. The van der Waals surface area contributed by atoms with Gasteiger partial charge in [0.1, 0.15) is 17.0 Å². The van der Waals surface area contributed by atoms with Crippen LogP contribution in [0, 0.1) is 0 Å². The standard InChI is InChI=1S/C19H23N4O2S.4ClH.Zn/c1-4-23(11-12-24)15-7-5-14(6-8-15)20-21-19-22(2)17-10-9-16(25-3)13-18(17)26-19;;;;;/h5-10,13,24H,4,11-12H2,1-3H3;4*1H;/q+1;;;;;+2/p-4. The number of halogens is 4. The third-order valence-electron chi connectivity index (χ3n) is 4.23. The predicted molar refractivity (Wildman–Crippen MR) is 105 cm³/mol. The topological polar surface area (TPSA) is 61.3 Å². The molecule has 0 amide bonds.